The van der Waals surface area contributed by atoms with Gasteiger partial charge in [-0.15, -0.1) is 0 Å². The lowest BCUT2D eigenvalue weighted by Gasteiger charge is -2.25. The van der Waals surface area contributed by atoms with Crippen molar-refractivity contribution in [3.05, 3.63) is 71.8 Å². The number of benzene rings is 2. The second kappa shape index (κ2) is 9.33. The van der Waals surface area contributed by atoms with Gasteiger partial charge in [-0.25, -0.2) is 0 Å². The van der Waals surface area contributed by atoms with Gasteiger partial charge >= 0.3 is 0 Å². The summed E-state index contributed by atoms with van der Waals surface area (Å²) in [5.74, 6) is -0.190. The molecule has 5 heteroatoms. The van der Waals surface area contributed by atoms with Crippen LogP contribution in [0.3, 0.4) is 0 Å². The molecule has 1 unspecified atom stereocenters. The lowest BCUT2D eigenvalue weighted by Crippen LogP contribution is -3.13. The van der Waals surface area contributed by atoms with Crippen molar-refractivity contribution in [2.24, 2.45) is 0 Å². The van der Waals surface area contributed by atoms with E-state index in [1.165, 1.54) is 20.9 Å². The van der Waals surface area contributed by atoms with Crippen LogP contribution < -0.4 is 10.2 Å². The molecule has 0 aliphatic carbocycles. The normalized spacial score (nSPS) is 16.2. The second-order valence-corrected chi connectivity index (χ2v) is 7.39. The van der Waals surface area contributed by atoms with Crippen LogP contribution in [0.25, 0.3) is 5.57 Å². The highest BCUT2D eigenvalue weighted by molar-refractivity contribution is 5.94. The number of nitrogens with one attached hydrogen (secondary N) is 2. The summed E-state index contributed by atoms with van der Waals surface area (Å²) in [5, 5.41) is 2.83. The van der Waals surface area contributed by atoms with Crippen molar-refractivity contribution < 1.29 is 14.5 Å². The molecule has 0 bridgehead atoms. The molecular formula is C23H28N3O2+. The van der Waals surface area contributed by atoms with Crippen LogP contribution in [0.5, 0.6) is 0 Å². The smallest absolute Gasteiger partial charge is 0.277 e. The van der Waals surface area contributed by atoms with Gasteiger partial charge in [-0.05, 0) is 36.3 Å². The van der Waals surface area contributed by atoms with E-state index < -0.39 is 0 Å². The minimum atomic E-state index is -0.181. The number of nitrogens with zero attached hydrogens (tertiary/aromatic N) is 1. The third-order valence-electron chi connectivity index (χ3n) is 5.07. The monoisotopic (exact) mass is 378 g/mol. The third kappa shape index (κ3) is 5.54. The molecule has 1 atom stereocenters. The summed E-state index contributed by atoms with van der Waals surface area (Å²) in [7, 11) is 1.69. The van der Waals surface area contributed by atoms with E-state index in [9.17, 15) is 9.59 Å². The first-order valence-corrected chi connectivity index (χ1v) is 9.70. The first kappa shape index (κ1) is 19.8. The van der Waals surface area contributed by atoms with E-state index >= 15 is 0 Å². The van der Waals surface area contributed by atoms with Crippen LogP contribution >= 0.6 is 0 Å². The minimum Gasteiger partial charge on any atom is -0.332 e. The highest BCUT2D eigenvalue weighted by Crippen LogP contribution is 2.17. The molecule has 2 aromatic carbocycles. The number of carbonyl (C=O) groups excluding carboxylic acids is 2. The fourth-order valence-corrected chi connectivity index (χ4v) is 3.35. The van der Waals surface area contributed by atoms with Crippen LogP contribution in [0.15, 0.2) is 60.7 Å². The Morgan fingerprint density at radius 2 is 1.79 bits per heavy atom. The van der Waals surface area contributed by atoms with E-state index in [0.29, 0.717) is 6.54 Å². The molecule has 2 aromatic rings. The van der Waals surface area contributed by atoms with Crippen molar-refractivity contribution >= 4 is 23.1 Å². The van der Waals surface area contributed by atoms with Crippen LogP contribution in [0.2, 0.25) is 0 Å². The van der Waals surface area contributed by atoms with Crippen molar-refractivity contribution in [3.8, 4) is 0 Å². The van der Waals surface area contributed by atoms with Gasteiger partial charge in [-0.1, -0.05) is 48.0 Å². The van der Waals surface area contributed by atoms with Crippen LogP contribution in [0.1, 0.15) is 17.5 Å². The van der Waals surface area contributed by atoms with Crippen LogP contribution in [0, 0.1) is 6.92 Å². The highest BCUT2D eigenvalue weighted by Gasteiger charge is 2.22. The molecule has 0 aromatic heterocycles. The summed E-state index contributed by atoms with van der Waals surface area (Å²) in [4.78, 5) is 27.4. The molecule has 2 N–H and O–H groups in total. The maximum atomic E-state index is 12.5. The van der Waals surface area contributed by atoms with Gasteiger partial charge in [0.25, 0.3) is 5.91 Å². The number of carbonyl (C=O) groups is 2. The Morgan fingerprint density at radius 3 is 2.43 bits per heavy atom. The summed E-state index contributed by atoms with van der Waals surface area (Å²) < 4.78 is 0. The lowest BCUT2D eigenvalue weighted by atomic mass is 10.00. The number of rotatable bonds is 6. The van der Waals surface area contributed by atoms with E-state index in [2.05, 4.69) is 35.7 Å². The first-order valence-electron chi connectivity index (χ1n) is 9.70. The van der Waals surface area contributed by atoms with Gasteiger partial charge in [-0.2, -0.15) is 0 Å². The molecule has 0 radical (unpaired) electrons. The topological polar surface area (TPSA) is 53.9 Å². The number of likely N-dealkylation sites (N-methyl/N-ethyl adjacent to an activating group) is 1. The standard InChI is InChI=1S/C23H27N3O2/c1-18-8-10-21(11-9-18)24-22(27)16-25(2)23(28)17-26-14-12-20(13-15-26)19-6-4-3-5-7-19/h3-12H,13-17H2,1-2H3,(H,24,27)/p+1. The first-order chi connectivity index (χ1) is 13.5. The summed E-state index contributed by atoms with van der Waals surface area (Å²) in [6, 6.07) is 18.0. The predicted octanol–water partition coefficient (Wildman–Crippen LogP) is 1.76. The Morgan fingerprint density at radius 1 is 1.07 bits per heavy atom. The number of hydrogen-bond donors (Lipinski definition) is 2. The maximum Gasteiger partial charge on any atom is 0.277 e. The van der Waals surface area contributed by atoms with Gasteiger partial charge in [0.1, 0.15) is 0 Å². The Balaban J connectivity index is 1.46. The summed E-state index contributed by atoms with van der Waals surface area (Å²) in [6.45, 7) is 4.23. The number of anilines is 1. The molecule has 0 fully saturated rings. The number of amides is 2. The van der Waals surface area contributed by atoms with Crippen LogP contribution in [-0.2, 0) is 9.59 Å². The molecule has 2 amide bonds. The highest BCUT2D eigenvalue weighted by atomic mass is 16.2. The predicted molar refractivity (Wildman–Crippen MR) is 112 cm³/mol. The average molecular weight is 378 g/mol. The van der Waals surface area contributed by atoms with Gasteiger partial charge in [0.05, 0.1) is 19.6 Å². The fourth-order valence-electron chi connectivity index (χ4n) is 3.35. The third-order valence-corrected chi connectivity index (χ3v) is 5.07. The van der Waals surface area contributed by atoms with Crippen molar-refractivity contribution in [1.29, 1.82) is 0 Å². The Labute approximate surface area is 166 Å². The largest absolute Gasteiger partial charge is 0.332 e. The fraction of sp³-hybridized carbons (Fsp3) is 0.304. The van der Waals surface area contributed by atoms with Gasteiger partial charge in [0.2, 0.25) is 5.91 Å². The summed E-state index contributed by atoms with van der Waals surface area (Å²) >= 11 is 0. The van der Waals surface area contributed by atoms with E-state index in [1.807, 2.05) is 37.3 Å². The molecular weight excluding hydrogens is 350 g/mol. The number of quaternary nitrogens is 1. The van der Waals surface area contributed by atoms with Crippen LogP contribution in [-0.4, -0.2) is 49.9 Å². The van der Waals surface area contributed by atoms with E-state index in [-0.39, 0.29) is 18.4 Å². The number of hydrogen-bond acceptors (Lipinski definition) is 2. The molecule has 146 valence electrons. The van der Waals surface area contributed by atoms with Gasteiger partial charge < -0.3 is 15.1 Å². The van der Waals surface area contributed by atoms with Crippen molar-refractivity contribution in [2.45, 2.75) is 13.3 Å². The molecule has 28 heavy (non-hydrogen) atoms. The molecule has 1 aliphatic heterocycles. The second-order valence-electron chi connectivity index (χ2n) is 7.39. The lowest BCUT2D eigenvalue weighted by molar-refractivity contribution is -0.887. The van der Waals surface area contributed by atoms with Crippen molar-refractivity contribution in [2.75, 3.05) is 38.5 Å². The van der Waals surface area contributed by atoms with Crippen molar-refractivity contribution in [1.82, 2.24) is 4.90 Å². The SMILES string of the molecule is Cc1ccc(NC(=O)CN(C)C(=O)C[NH+]2CC=C(c3ccccc3)CC2)cc1. The molecule has 0 saturated carbocycles. The Bertz CT molecular complexity index is 844. The van der Waals surface area contributed by atoms with Crippen LogP contribution in [0.4, 0.5) is 5.69 Å². The summed E-state index contributed by atoms with van der Waals surface area (Å²) in [6.07, 6.45) is 3.19. The molecule has 5 nitrogen and oxygen atoms in total. The Hall–Kier alpha value is -2.92. The van der Waals surface area contributed by atoms with Gasteiger partial charge in [0, 0.05) is 19.2 Å². The zero-order valence-electron chi connectivity index (χ0n) is 16.6. The molecule has 1 heterocycles. The summed E-state index contributed by atoms with van der Waals surface area (Å²) in [5.41, 5.74) is 4.50. The quantitative estimate of drug-likeness (QED) is 0.805. The van der Waals surface area contributed by atoms with Gasteiger partial charge in [0.15, 0.2) is 6.54 Å². The Kier molecular flexibility index (Phi) is 6.61. The molecule has 0 saturated heterocycles. The maximum absolute atomic E-state index is 12.5. The molecule has 3 rings (SSSR count). The zero-order valence-corrected chi connectivity index (χ0v) is 16.6. The zero-order chi connectivity index (χ0) is 19.9. The van der Waals surface area contributed by atoms with E-state index in [0.717, 1.165) is 30.8 Å². The molecule has 0 spiro atoms. The van der Waals surface area contributed by atoms with E-state index in [1.54, 1.807) is 7.05 Å². The average Bonchev–Trinajstić information content (AvgIpc) is 2.71. The molecule has 1 aliphatic rings. The minimum absolute atomic E-state index is 0.00869. The van der Waals surface area contributed by atoms with Gasteiger partial charge in [-0.3, -0.25) is 9.59 Å². The van der Waals surface area contributed by atoms with E-state index in [4.69, 9.17) is 0 Å². The van der Waals surface area contributed by atoms with Crippen molar-refractivity contribution in [3.63, 3.8) is 0 Å². The number of aryl methyl sites for hydroxylation is 1.